The maximum Gasteiger partial charge on any atom is 0.111 e. The van der Waals surface area contributed by atoms with Crippen molar-refractivity contribution >= 4 is 0 Å². The molecule has 3 nitrogen and oxygen atoms in total. The molecule has 0 bridgehead atoms. The molecule has 1 atom stereocenters. The van der Waals surface area contributed by atoms with Gasteiger partial charge in [-0.1, -0.05) is 52.0 Å². The molecule has 21 heavy (non-hydrogen) atoms. The zero-order valence-electron chi connectivity index (χ0n) is 13.8. The van der Waals surface area contributed by atoms with Crippen LogP contribution in [0.1, 0.15) is 62.5 Å². The van der Waals surface area contributed by atoms with Crippen LogP contribution >= 0.6 is 0 Å². The van der Waals surface area contributed by atoms with E-state index in [1.165, 1.54) is 11.1 Å². The number of hydrogen-bond donors (Lipinski definition) is 1. The second kappa shape index (κ2) is 6.90. The Morgan fingerprint density at radius 3 is 2.14 bits per heavy atom. The molecule has 0 aliphatic heterocycles. The van der Waals surface area contributed by atoms with Gasteiger partial charge in [-0.15, -0.1) is 0 Å². The normalized spacial score (nSPS) is 13.1. The topological polar surface area (TPSA) is 29.9 Å². The zero-order chi connectivity index (χ0) is 15.4. The SMILES string of the molecule is CNC(Cn1ccnc1C(C)C)c1ccc(C(C)C)cc1. The molecule has 1 unspecified atom stereocenters. The van der Waals surface area contributed by atoms with Crippen LogP contribution in [-0.4, -0.2) is 16.6 Å². The fourth-order valence-electron chi connectivity index (χ4n) is 2.65. The number of benzene rings is 1. The minimum atomic E-state index is 0.304. The average Bonchev–Trinajstić information content (AvgIpc) is 2.93. The van der Waals surface area contributed by atoms with Gasteiger partial charge in [0.05, 0.1) is 0 Å². The fourth-order valence-corrected chi connectivity index (χ4v) is 2.65. The van der Waals surface area contributed by atoms with Gasteiger partial charge in [0.1, 0.15) is 5.82 Å². The van der Waals surface area contributed by atoms with Gasteiger partial charge in [0.15, 0.2) is 0 Å². The number of imidazole rings is 1. The molecule has 1 heterocycles. The van der Waals surface area contributed by atoms with Crippen LogP contribution in [0.5, 0.6) is 0 Å². The van der Waals surface area contributed by atoms with E-state index in [0.29, 0.717) is 17.9 Å². The van der Waals surface area contributed by atoms with E-state index >= 15 is 0 Å². The molecule has 114 valence electrons. The average molecular weight is 285 g/mol. The summed E-state index contributed by atoms with van der Waals surface area (Å²) in [7, 11) is 2.02. The van der Waals surface area contributed by atoms with Gasteiger partial charge in [-0.05, 0) is 24.1 Å². The standard InChI is InChI=1S/C18H27N3/c1-13(2)15-6-8-16(9-7-15)17(19-5)12-21-11-10-20-18(21)14(3)4/h6-11,13-14,17,19H,12H2,1-5H3. The first-order valence-corrected chi connectivity index (χ1v) is 7.81. The van der Waals surface area contributed by atoms with E-state index in [1.807, 2.05) is 13.2 Å². The van der Waals surface area contributed by atoms with Crippen molar-refractivity contribution < 1.29 is 0 Å². The molecule has 0 saturated carbocycles. The minimum absolute atomic E-state index is 0.304. The van der Waals surface area contributed by atoms with Gasteiger partial charge in [0, 0.05) is 30.9 Å². The molecule has 0 aliphatic rings. The first-order valence-electron chi connectivity index (χ1n) is 7.81. The summed E-state index contributed by atoms with van der Waals surface area (Å²) < 4.78 is 2.25. The summed E-state index contributed by atoms with van der Waals surface area (Å²) in [5.74, 6) is 2.17. The maximum absolute atomic E-state index is 4.47. The van der Waals surface area contributed by atoms with Crippen molar-refractivity contribution in [2.75, 3.05) is 7.05 Å². The molecule has 0 radical (unpaired) electrons. The van der Waals surface area contributed by atoms with Crippen molar-refractivity contribution in [1.29, 1.82) is 0 Å². The van der Waals surface area contributed by atoms with Crippen molar-refractivity contribution in [3.8, 4) is 0 Å². The number of likely N-dealkylation sites (N-methyl/N-ethyl adjacent to an activating group) is 1. The Labute approximate surface area is 128 Å². The second-order valence-corrected chi connectivity index (χ2v) is 6.26. The molecule has 1 aromatic carbocycles. The predicted molar refractivity (Wildman–Crippen MR) is 88.6 cm³/mol. The van der Waals surface area contributed by atoms with Crippen molar-refractivity contribution in [3.05, 3.63) is 53.6 Å². The highest BCUT2D eigenvalue weighted by Crippen LogP contribution is 2.21. The van der Waals surface area contributed by atoms with Gasteiger partial charge in [0.2, 0.25) is 0 Å². The predicted octanol–water partition coefficient (Wildman–Crippen LogP) is 4.09. The van der Waals surface area contributed by atoms with Crippen molar-refractivity contribution in [3.63, 3.8) is 0 Å². The van der Waals surface area contributed by atoms with Gasteiger partial charge in [-0.25, -0.2) is 4.98 Å². The lowest BCUT2D eigenvalue weighted by Crippen LogP contribution is -2.23. The molecule has 0 aliphatic carbocycles. The van der Waals surface area contributed by atoms with Crippen LogP contribution in [0.15, 0.2) is 36.7 Å². The van der Waals surface area contributed by atoms with Crippen LogP contribution in [0.4, 0.5) is 0 Å². The first kappa shape index (κ1) is 15.8. The Morgan fingerprint density at radius 1 is 1.00 bits per heavy atom. The lowest BCUT2D eigenvalue weighted by molar-refractivity contribution is 0.481. The van der Waals surface area contributed by atoms with Crippen LogP contribution in [0.2, 0.25) is 0 Å². The summed E-state index contributed by atoms with van der Waals surface area (Å²) >= 11 is 0. The zero-order valence-corrected chi connectivity index (χ0v) is 13.8. The molecule has 0 saturated heterocycles. The molecule has 3 heteroatoms. The van der Waals surface area contributed by atoms with E-state index < -0.39 is 0 Å². The summed E-state index contributed by atoms with van der Waals surface area (Å²) in [6, 6.07) is 9.26. The lowest BCUT2D eigenvalue weighted by atomic mass is 9.99. The monoisotopic (exact) mass is 285 g/mol. The quantitative estimate of drug-likeness (QED) is 0.866. The molecule has 2 rings (SSSR count). The third-order valence-electron chi connectivity index (χ3n) is 4.00. The summed E-state index contributed by atoms with van der Waals surface area (Å²) in [6.45, 7) is 9.73. The molecular weight excluding hydrogens is 258 g/mol. The van der Waals surface area contributed by atoms with E-state index in [-0.39, 0.29) is 0 Å². The number of nitrogens with one attached hydrogen (secondary N) is 1. The van der Waals surface area contributed by atoms with E-state index in [0.717, 1.165) is 12.4 Å². The van der Waals surface area contributed by atoms with E-state index in [9.17, 15) is 0 Å². The third-order valence-corrected chi connectivity index (χ3v) is 4.00. The lowest BCUT2D eigenvalue weighted by Gasteiger charge is -2.20. The highest BCUT2D eigenvalue weighted by Gasteiger charge is 2.14. The fraction of sp³-hybridized carbons (Fsp3) is 0.500. The van der Waals surface area contributed by atoms with Crippen LogP contribution < -0.4 is 5.32 Å². The van der Waals surface area contributed by atoms with Gasteiger partial charge >= 0.3 is 0 Å². The Hall–Kier alpha value is -1.61. The van der Waals surface area contributed by atoms with Crippen molar-refractivity contribution in [1.82, 2.24) is 14.9 Å². The molecule has 1 N–H and O–H groups in total. The van der Waals surface area contributed by atoms with Crippen LogP contribution in [0.25, 0.3) is 0 Å². The van der Waals surface area contributed by atoms with Gasteiger partial charge in [0.25, 0.3) is 0 Å². The third kappa shape index (κ3) is 3.73. The largest absolute Gasteiger partial charge is 0.333 e. The van der Waals surface area contributed by atoms with E-state index in [1.54, 1.807) is 0 Å². The van der Waals surface area contributed by atoms with Crippen molar-refractivity contribution in [2.45, 2.75) is 52.1 Å². The summed E-state index contributed by atoms with van der Waals surface area (Å²) in [5.41, 5.74) is 2.71. The smallest absolute Gasteiger partial charge is 0.111 e. The minimum Gasteiger partial charge on any atom is -0.333 e. The summed E-state index contributed by atoms with van der Waals surface area (Å²) in [6.07, 6.45) is 3.96. The Balaban J connectivity index is 2.17. The maximum atomic E-state index is 4.47. The summed E-state index contributed by atoms with van der Waals surface area (Å²) in [4.78, 5) is 4.47. The second-order valence-electron chi connectivity index (χ2n) is 6.26. The molecule has 2 aromatic rings. The van der Waals surface area contributed by atoms with E-state index in [4.69, 9.17) is 0 Å². The molecular formula is C18H27N3. The molecule has 0 spiro atoms. The van der Waals surface area contributed by atoms with Crippen LogP contribution in [-0.2, 0) is 6.54 Å². The van der Waals surface area contributed by atoms with Crippen LogP contribution in [0, 0.1) is 0 Å². The van der Waals surface area contributed by atoms with Crippen molar-refractivity contribution in [2.24, 2.45) is 0 Å². The van der Waals surface area contributed by atoms with Crippen LogP contribution in [0.3, 0.4) is 0 Å². The number of hydrogen-bond acceptors (Lipinski definition) is 2. The van der Waals surface area contributed by atoms with Gasteiger partial charge < -0.3 is 9.88 Å². The Kier molecular flexibility index (Phi) is 5.18. The van der Waals surface area contributed by atoms with Gasteiger partial charge in [-0.3, -0.25) is 0 Å². The Morgan fingerprint density at radius 2 is 1.62 bits per heavy atom. The molecule has 0 fully saturated rings. The number of rotatable bonds is 6. The Bertz CT molecular complexity index is 552. The van der Waals surface area contributed by atoms with Gasteiger partial charge in [-0.2, -0.15) is 0 Å². The highest BCUT2D eigenvalue weighted by molar-refractivity contribution is 5.27. The van der Waals surface area contributed by atoms with E-state index in [2.05, 4.69) is 73.0 Å². The number of aromatic nitrogens is 2. The highest BCUT2D eigenvalue weighted by atomic mass is 15.1. The molecule has 0 amide bonds. The number of nitrogens with zero attached hydrogens (tertiary/aromatic N) is 2. The first-order chi connectivity index (χ1) is 10.0. The summed E-state index contributed by atoms with van der Waals surface area (Å²) in [5, 5.41) is 3.42. The molecule has 1 aromatic heterocycles.